The zero-order valence-corrected chi connectivity index (χ0v) is 16.0. The Balaban J connectivity index is 2.13. The molecular weight excluding hydrogens is 344 g/mol. The molecule has 0 fully saturated rings. The van der Waals surface area contributed by atoms with Crippen molar-refractivity contribution in [2.24, 2.45) is 0 Å². The molecule has 1 aliphatic heterocycles. The van der Waals surface area contributed by atoms with Crippen LogP contribution in [0.1, 0.15) is 16.7 Å². The number of aryl methyl sites for hydroxylation is 2. The fourth-order valence-electron chi connectivity index (χ4n) is 3.14. The number of likely N-dealkylation sites (N-methyl/N-ethyl adjacent to an activating group) is 1. The molecule has 6 nitrogen and oxygen atoms in total. The van der Waals surface area contributed by atoms with Gasteiger partial charge < -0.3 is 14.8 Å². The van der Waals surface area contributed by atoms with Crippen LogP contribution in [-0.4, -0.2) is 38.0 Å². The van der Waals surface area contributed by atoms with Crippen molar-refractivity contribution in [3.63, 3.8) is 0 Å². The Morgan fingerprint density at radius 3 is 2.30 bits per heavy atom. The summed E-state index contributed by atoms with van der Waals surface area (Å²) in [6.07, 6.45) is 0. The largest absolute Gasteiger partial charge is 0.497 e. The monoisotopic (exact) mass is 366 g/mol. The first-order valence-corrected chi connectivity index (χ1v) is 8.50. The lowest BCUT2D eigenvalue weighted by Crippen LogP contribution is -2.28. The van der Waals surface area contributed by atoms with E-state index in [1.54, 1.807) is 25.3 Å². The predicted octanol–water partition coefficient (Wildman–Crippen LogP) is 3.14. The summed E-state index contributed by atoms with van der Waals surface area (Å²) in [6.45, 7) is 3.91. The van der Waals surface area contributed by atoms with E-state index in [1.807, 2.05) is 32.0 Å². The summed E-state index contributed by atoms with van der Waals surface area (Å²) < 4.78 is 10.6. The van der Waals surface area contributed by atoms with Crippen LogP contribution in [0.5, 0.6) is 11.5 Å². The number of amides is 2. The van der Waals surface area contributed by atoms with E-state index >= 15 is 0 Å². The Hall–Kier alpha value is -3.28. The molecule has 27 heavy (non-hydrogen) atoms. The molecule has 0 aliphatic carbocycles. The zero-order valence-electron chi connectivity index (χ0n) is 16.0. The number of hydrogen-bond donors (Lipinski definition) is 1. The summed E-state index contributed by atoms with van der Waals surface area (Å²) in [7, 11) is 4.58. The van der Waals surface area contributed by atoms with Crippen LogP contribution in [0.4, 0.5) is 5.69 Å². The van der Waals surface area contributed by atoms with E-state index in [2.05, 4.69) is 5.32 Å². The topological polar surface area (TPSA) is 67.9 Å². The number of nitrogens with zero attached hydrogens (tertiary/aromatic N) is 1. The van der Waals surface area contributed by atoms with Gasteiger partial charge in [0.1, 0.15) is 17.2 Å². The number of imide groups is 1. The lowest BCUT2D eigenvalue weighted by molar-refractivity contribution is -0.135. The summed E-state index contributed by atoms with van der Waals surface area (Å²) in [5.74, 6) is 0.429. The van der Waals surface area contributed by atoms with Gasteiger partial charge in [-0.3, -0.25) is 14.5 Å². The minimum atomic E-state index is -0.382. The number of anilines is 1. The van der Waals surface area contributed by atoms with E-state index in [1.165, 1.54) is 14.2 Å². The molecule has 1 N–H and O–H groups in total. The quantitative estimate of drug-likeness (QED) is 0.824. The van der Waals surface area contributed by atoms with Crippen LogP contribution in [0.15, 0.2) is 42.1 Å². The van der Waals surface area contributed by atoms with E-state index in [-0.39, 0.29) is 17.5 Å². The first-order chi connectivity index (χ1) is 12.9. The highest BCUT2D eigenvalue weighted by Gasteiger charge is 2.37. The van der Waals surface area contributed by atoms with E-state index in [0.717, 1.165) is 21.6 Å². The molecule has 3 rings (SSSR count). The molecule has 0 saturated carbocycles. The summed E-state index contributed by atoms with van der Waals surface area (Å²) in [4.78, 5) is 26.6. The Morgan fingerprint density at radius 2 is 1.67 bits per heavy atom. The number of hydrogen-bond acceptors (Lipinski definition) is 5. The second kappa shape index (κ2) is 7.15. The molecule has 0 saturated heterocycles. The lowest BCUT2D eigenvalue weighted by Gasteiger charge is -2.14. The first-order valence-electron chi connectivity index (χ1n) is 8.50. The van der Waals surface area contributed by atoms with Crippen molar-refractivity contribution in [3.05, 3.63) is 58.8 Å². The lowest BCUT2D eigenvalue weighted by atomic mass is 9.97. The molecule has 0 aromatic heterocycles. The van der Waals surface area contributed by atoms with Crippen LogP contribution in [0, 0.1) is 13.8 Å². The third-order valence-electron chi connectivity index (χ3n) is 4.61. The Morgan fingerprint density at radius 1 is 0.926 bits per heavy atom. The van der Waals surface area contributed by atoms with E-state index in [4.69, 9.17) is 9.47 Å². The van der Waals surface area contributed by atoms with E-state index < -0.39 is 0 Å². The van der Waals surface area contributed by atoms with Crippen molar-refractivity contribution >= 4 is 23.1 Å². The van der Waals surface area contributed by atoms with Gasteiger partial charge in [0.2, 0.25) is 0 Å². The SMILES string of the molecule is COc1ccc(NC2=C(c3ccc(C)cc3C)C(=O)N(C)C2=O)c(OC)c1. The highest BCUT2D eigenvalue weighted by Crippen LogP contribution is 2.35. The number of nitrogens with one attached hydrogen (secondary N) is 1. The molecule has 1 aliphatic rings. The van der Waals surface area contributed by atoms with Gasteiger partial charge in [-0.15, -0.1) is 0 Å². The Kier molecular flexibility index (Phi) is 4.90. The van der Waals surface area contributed by atoms with Gasteiger partial charge >= 0.3 is 0 Å². The third-order valence-corrected chi connectivity index (χ3v) is 4.61. The van der Waals surface area contributed by atoms with E-state index in [0.29, 0.717) is 22.8 Å². The molecule has 0 spiro atoms. The smallest absolute Gasteiger partial charge is 0.277 e. The molecular formula is C21H22N2O4. The minimum absolute atomic E-state index is 0.234. The van der Waals surface area contributed by atoms with Gasteiger partial charge in [-0.25, -0.2) is 0 Å². The van der Waals surface area contributed by atoms with Crippen LogP contribution in [0.3, 0.4) is 0 Å². The Labute approximate surface area is 158 Å². The predicted molar refractivity (Wildman–Crippen MR) is 104 cm³/mol. The molecule has 2 aromatic carbocycles. The number of methoxy groups -OCH3 is 2. The molecule has 1 heterocycles. The van der Waals surface area contributed by atoms with Gasteiger partial charge in [-0.05, 0) is 37.1 Å². The number of ether oxygens (including phenoxy) is 2. The molecule has 0 radical (unpaired) electrons. The van der Waals surface area contributed by atoms with Crippen molar-refractivity contribution < 1.29 is 19.1 Å². The minimum Gasteiger partial charge on any atom is -0.497 e. The third kappa shape index (κ3) is 3.26. The van der Waals surface area contributed by atoms with Crippen molar-refractivity contribution in [2.75, 3.05) is 26.6 Å². The summed E-state index contributed by atoms with van der Waals surface area (Å²) in [6, 6.07) is 11.0. The maximum Gasteiger partial charge on any atom is 0.277 e. The number of rotatable bonds is 5. The zero-order chi connectivity index (χ0) is 19.7. The Bertz CT molecular complexity index is 963. The average Bonchev–Trinajstić information content (AvgIpc) is 2.86. The molecule has 2 amide bonds. The second-order valence-corrected chi connectivity index (χ2v) is 6.43. The van der Waals surface area contributed by atoms with Gasteiger partial charge in [-0.2, -0.15) is 0 Å². The molecule has 0 bridgehead atoms. The number of carbonyl (C=O) groups excluding carboxylic acids is 2. The fraction of sp³-hybridized carbons (Fsp3) is 0.238. The van der Waals surface area contributed by atoms with Crippen molar-refractivity contribution in [1.82, 2.24) is 4.90 Å². The first kappa shape index (κ1) is 18.5. The molecule has 0 unspecified atom stereocenters. The molecule has 2 aromatic rings. The molecule has 140 valence electrons. The highest BCUT2D eigenvalue weighted by atomic mass is 16.5. The molecule has 6 heteroatoms. The summed E-state index contributed by atoms with van der Waals surface area (Å²) in [5, 5.41) is 3.10. The van der Waals surface area contributed by atoms with Gasteiger partial charge in [0.15, 0.2) is 0 Å². The highest BCUT2D eigenvalue weighted by molar-refractivity contribution is 6.36. The maximum absolute atomic E-state index is 12.8. The van der Waals surface area contributed by atoms with Crippen LogP contribution >= 0.6 is 0 Å². The number of benzene rings is 2. The number of carbonyl (C=O) groups is 2. The molecule has 0 atom stereocenters. The van der Waals surface area contributed by atoms with Crippen LogP contribution < -0.4 is 14.8 Å². The van der Waals surface area contributed by atoms with E-state index in [9.17, 15) is 9.59 Å². The summed E-state index contributed by atoms with van der Waals surface area (Å²) >= 11 is 0. The van der Waals surface area contributed by atoms with Crippen LogP contribution in [0.2, 0.25) is 0 Å². The fourth-order valence-corrected chi connectivity index (χ4v) is 3.14. The van der Waals surface area contributed by atoms with Crippen LogP contribution in [0.25, 0.3) is 5.57 Å². The van der Waals surface area contributed by atoms with Crippen LogP contribution in [-0.2, 0) is 9.59 Å². The van der Waals surface area contributed by atoms with Gasteiger partial charge in [0, 0.05) is 13.1 Å². The van der Waals surface area contributed by atoms with Crippen molar-refractivity contribution in [3.8, 4) is 11.5 Å². The van der Waals surface area contributed by atoms with Crippen molar-refractivity contribution in [1.29, 1.82) is 0 Å². The maximum atomic E-state index is 12.8. The van der Waals surface area contributed by atoms with Gasteiger partial charge in [-0.1, -0.05) is 23.8 Å². The van der Waals surface area contributed by atoms with Gasteiger partial charge in [0.05, 0.1) is 25.5 Å². The second-order valence-electron chi connectivity index (χ2n) is 6.43. The average molecular weight is 366 g/mol. The van der Waals surface area contributed by atoms with Gasteiger partial charge in [0.25, 0.3) is 11.8 Å². The van der Waals surface area contributed by atoms with Crippen molar-refractivity contribution in [2.45, 2.75) is 13.8 Å². The summed E-state index contributed by atoms with van der Waals surface area (Å²) in [5.41, 5.74) is 3.93. The standard InChI is InChI=1S/C21H22N2O4/c1-12-6-8-15(13(2)10-12)18-19(21(25)23(3)20(18)24)22-16-9-7-14(26-4)11-17(16)27-5/h6-11,22H,1-5H3. The normalized spacial score (nSPS) is 14.0.